The summed E-state index contributed by atoms with van der Waals surface area (Å²) in [5.74, 6) is -0.626. The average Bonchev–Trinajstić information content (AvgIpc) is 2.83. The first kappa shape index (κ1) is 28.9. The number of hydrogen-bond donors (Lipinski definition) is 2. The van der Waals surface area contributed by atoms with Crippen molar-refractivity contribution in [1.82, 2.24) is 15.5 Å². The Morgan fingerprint density at radius 2 is 1.58 bits per heavy atom. The van der Waals surface area contributed by atoms with Gasteiger partial charge in [-0.2, -0.15) is 0 Å². The number of amides is 3. The second-order valence-electron chi connectivity index (χ2n) is 9.98. The summed E-state index contributed by atoms with van der Waals surface area (Å²) >= 11 is 0. The average molecular weight is 496 g/mol. The van der Waals surface area contributed by atoms with Crippen LogP contribution < -0.4 is 10.6 Å². The molecule has 0 saturated heterocycles. The zero-order valence-corrected chi connectivity index (χ0v) is 22.5. The van der Waals surface area contributed by atoms with Crippen LogP contribution in [0, 0.1) is 0 Å². The van der Waals surface area contributed by atoms with Crippen molar-refractivity contribution in [2.24, 2.45) is 0 Å². The number of likely N-dealkylation sites (N-methyl/N-ethyl adjacent to an activating group) is 1. The van der Waals surface area contributed by atoms with Gasteiger partial charge in [0.15, 0.2) is 0 Å². The second-order valence-corrected chi connectivity index (χ2v) is 9.98. The molecular weight excluding hydrogens is 454 g/mol. The van der Waals surface area contributed by atoms with E-state index in [2.05, 4.69) is 24.5 Å². The smallest absolute Gasteiger partial charge is 0.408 e. The summed E-state index contributed by atoms with van der Waals surface area (Å²) < 4.78 is 5.42. The molecule has 0 saturated carbocycles. The van der Waals surface area contributed by atoms with Crippen LogP contribution in [0.5, 0.6) is 0 Å². The molecule has 0 aliphatic heterocycles. The monoisotopic (exact) mass is 495 g/mol. The normalized spacial score (nSPS) is 12.8. The van der Waals surface area contributed by atoms with Gasteiger partial charge in [-0.05, 0) is 50.3 Å². The summed E-state index contributed by atoms with van der Waals surface area (Å²) in [6, 6.07) is 15.4. The molecule has 2 N–H and O–H groups in total. The number of ether oxygens (including phenoxy) is 1. The highest BCUT2D eigenvalue weighted by Gasteiger charge is 2.34. The number of nitrogens with zero attached hydrogens (tertiary/aromatic N) is 1. The lowest BCUT2D eigenvalue weighted by molar-refractivity contribution is -0.140. The fourth-order valence-corrected chi connectivity index (χ4v) is 3.84. The predicted octanol–water partition coefficient (Wildman–Crippen LogP) is 4.80. The number of hydrogen-bond acceptors (Lipinski definition) is 4. The molecule has 2 atom stereocenters. The first-order valence-corrected chi connectivity index (χ1v) is 12.7. The van der Waals surface area contributed by atoms with E-state index >= 15 is 0 Å². The van der Waals surface area contributed by atoms with E-state index < -0.39 is 23.8 Å². The van der Waals surface area contributed by atoms with E-state index in [0.29, 0.717) is 12.1 Å². The van der Waals surface area contributed by atoms with Crippen LogP contribution in [0.4, 0.5) is 4.79 Å². The molecule has 7 heteroatoms. The molecular formula is C29H41N3O4. The molecule has 7 nitrogen and oxygen atoms in total. The molecule has 0 spiro atoms. The Kier molecular flexibility index (Phi) is 11.0. The minimum atomic E-state index is -0.909. The van der Waals surface area contributed by atoms with Gasteiger partial charge in [0, 0.05) is 20.0 Å². The lowest BCUT2D eigenvalue weighted by Crippen LogP contribution is -2.52. The summed E-state index contributed by atoms with van der Waals surface area (Å²) in [5.41, 5.74) is 2.04. The molecule has 0 heterocycles. The Balaban J connectivity index is 2.36. The number of nitrogens with one attached hydrogen (secondary N) is 2. The standard InChI is InChI=1S/C29H41N3O4/c1-7-9-19-30-26(33)25(23-17-15-21(8-2)16-18-23)32(6)27(34)24(20-22-13-11-10-12-14-22)31-28(35)36-29(3,4)5/h10-18,24-25H,7-9,19-20H2,1-6H3,(H,30,33)(H,31,35). The number of carbonyl (C=O) groups excluding carboxylic acids is 3. The number of rotatable bonds is 11. The fraction of sp³-hybridized carbons (Fsp3) is 0.483. The maximum Gasteiger partial charge on any atom is 0.408 e. The lowest BCUT2D eigenvalue weighted by Gasteiger charge is -2.32. The summed E-state index contributed by atoms with van der Waals surface area (Å²) in [5, 5.41) is 5.70. The summed E-state index contributed by atoms with van der Waals surface area (Å²) in [4.78, 5) is 41.1. The van der Waals surface area contributed by atoms with E-state index in [-0.39, 0.29) is 18.2 Å². The number of carbonyl (C=O) groups is 3. The molecule has 0 aliphatic rings. The van der Waals surface area contributed by atoms with Crippen molar-refractivity contribution < 1.29 is 19.1 Å². The second kappa shape index (κ2) is 13.7. The molecule has 0 aliphatic carbocycles. The predicted molar refractivity (Wildman–Crippen MR) is 143 cm³/mol. The maximum atomic E-state index is 13.8. The van der Waals surface area contributed by atoms with Crippen molar-refractivity contribution in [3.05, 3.63) is 71.3 Å². The fourth-order valence-electron chi connectivity index (χ4n) is 3.84. The Hall–Kier alpha value is -3.35. The van der Waals surface area contributed by atoms with Crippen LogP contribution in [0.25, 0.3) is 0 Å². The number of alkyl carbamates (subject to hydrolysis) is 1. The minimum Gasteiger partial charge on any atom is -0.444 e. The summed E-state index contributed by atoms with van der Waals surface area (Å²) in [6.07, 6.45) is 2.26. The molecule has 0 fully saturated rings. The van der Waals surface area contributed by atoms with Gasteiger partial charge in [0.2, 0.25) is 11.8 Å². The van der Waals surface area contributed by atoms with E-state index in [1.54, 1.807) is 27.8 Å². The third-order valence-corrected chi connectivity index (χ3v) is 5.79. The van der Waals surface area contributed by atoms with E-state index in [9.17, 15) is 14.4 Å². The van der Waals surface area contributed by atoms with Gasteiger partial charge in [0.1, 0.15) is 17.7 Å². The van der Waals surface area contributed by atoms with Crippen molar-refractivity contribution in [2.75, 3.05) is 13.6 Å². The molecule has 2 aromatic rings. The number of unbranched alkanes of at least 4 members (excludes halogenated alkanes) is 1. The Bertz CT molecular complexity index is 984. The zero-order valence-electron chi connectivity index (χ0n) is 22.5. The van der Waals surface area contributed by atoms with Gasteiger partial charge in [0.05, 0.1) is 0 Å². The molecule has 2 rings (SSSR count). The number of benzene rings is 2. The van der Waals surface area contributed by atoms with Crippen molar-refractivity contribution >= 4 is 17.9 Å². The quantitative estimate of drug-likeness (QED) is 0.438. The summed E-state index contributed by atoms with van der Waals surface area (Å²) in [6.45, 7) is 9.95. The number of aryl methyl sites for hydroxylation is 1. The SMILES string of the molecule is CCCCNC(=O)C(c1ccc(CC)cc1)N(C)C(=O)C(Cc1ccccc1)NC(=O)OC(C)(C)C. The van der Waals surface area contributed by atoms with Crippen LogP contribution in [0.1, 0.15) is 70.2 Å². The Labute approximate surface area is 215 Å². The van der Waals surface area contributed by atoms with E-state index in [0.717, 1.165) is 30.4 Å². The van der Waals surface area contributed by atoms with Crippen LogP contribution in [0.3, 0.4) is 0 Å². The van der Waals surface area contributed by atoms with Crippen LogP contribution in [0.2, 0.25) is 0 Å². The highest BCUT2D eigenvalue weighted by Crippen LogP contribution is 2.23. The first-order chi connectivity index (χ1) is 17.1. The van der Waals surface area contributed by atoms with Gasteiger partial charge >= 0.3 is 6.09 Å². The third-order valence-electron chi connectivity index (χ3n) is 5.79. The maximum absolute atomic E-state index is 13.8. The van der Waals surface area contributed by atoms with Gasteiger partial charge in [-0.3, -0.25) is 9.59 Å². The minimum absolute atomic E-state index is 0.251. The molecule has 196 valence electrons. The molecule has 36 heavy (non-hydrogen) atoms. The van der Waals surface area contributed by atoms with Gasteiger partial charge in [-0.1, -0.05) is 74.9 Å². The van der Waals surface area contributed by atoms with E-state index in [4.69, 9.17) is 4.74 Å². The Morgan fingerprint density at radius 1 is 0.944 bits per heavy atom. The van der Waals surface area contributed by atoms with Crippen molar-refractivity contribution in [2.45, 2.75) is 78.0 Å². The lowest BCUT2D eigenvalue weighted by atomic mass is 9.99. The molecule has 2 aromatic carbocycles. The van der Waals surface area contributed by atoms with Gasteiger partial charge in [0.25, 0.3) is 0 Å². The molecule has 0 aromatic heterocycles. The van der Waals surface area contributed by atoms with Crippen LogP contribution in [-0.4, -0.2) is 48.0 Å². The molecule has 0 bridgehead atoms. The first-order valence-electron chi connectivity index (χ1n) is 12.7. The van der Waals surface area contributed by atoms with Gasteiger partial charge in [-0.15, -0.1) is 0 Å². The van der Waals surface area contributed by atoms with Gasteiger partial charge < -0.3 is 20.3 Å². The van der Waals surface area contributed by atoms with Crippen molar-refractivity contribution in [1.29, 1.82) is 0 Å². The van der Waals surface area contributed by atoms with Crippen molar-refractivity contribution in [3.8, 4) is 0 Å². The van der Waals surface area contributed by atoms with E-state index in [1.807, 2.05) is 54.6 Å². The highest BCUT2D eigenvalue weighted by atomic mass is 16.6. The topological polar surface area (TPSA) is 87.7 Å². The zero-order chi connectivity index (χ0) is 26.7. The van der Waals surface area contributed by atoms with Crippen molar-refractivity contribution in [3.63, 3.8) is 0 Å². The van der Waals surface area contributed by atoms with E-state index in [1.165, 1.54) is 4.90 Å². The Morgan fingerprint density at radius 3 is 2.14 bits per heavy atom. The molecule has 3 amide bonds. The van der Waals surface area contributed by atoms with Gasteiger partial charge in [-0.25, -0.2) is 4.79 Å². The summed E-state index contributed by atoms with van der Waals surface area (Å²) in [7, 11) is 1.61. The van der Waals surface area contributed by atoms with Crippen LogP contribution in [-0.2, 0) is 27.2 Å². The van der Waals surface area contributed by atoms with Crippen LogP contribution in [0.15, 0.2) is 54.6 Å². The van der Waals surface area contributed by atoms with Crippen LogP contribution >= 0.6 is 0 Å². The highest BCUT2D eigenvalue weighted by molar-refractivity contribution is 5.92. The molecule has 0 radical (unpaired) electrons. The largest absolute Gasteiger partial charge is 0.444 e. The third kappa shape index (κ3) is 9.02. The molecule has 2 unspecified atom stereocenters.